The lowest BCUT2D eigenvalue weighted by atomic mass is 10.1. The number of likely N-dealkylation sites (tertiary alicyclic amines) is 1. The van der Waals surface area contributed by atoms with Gasteiger partial charge in [0.25, 0.3) is 0 Å². The Morgan fingerprint density at radius 2 is 1.82 bits per heavy atom. The maximum Gasteiger partial charge on any atom is 0.243 e. The molecular weight excluding hydrogens is 370 g/mol. The Morgan fingerprint density at radius 1 is 1.04 bits per heavy atom. The Balaban J connectivity index is 1.39. The summed E-state index contributed by atoms with van der Waals surface area (Å²) >= 11 is 1.65. The SMILES string of the molecule is O=C(CN1CCCCCCC1=O)Nc1ccc(-c2nc3ccccc3s2)cc1. The first-order chi connectivity index (χ1) is 13.7. The zero-order valence-electron chi connectivity index (χ0n) is 15.7. The van der Waals surface area contributed by atoms with Crippen molar-refractivity contribution in [3.05, 3.63) is 48.5 Å². The Hall–Kier alpha value is -2.73. The Morgan fingerprint density at radius 3 is 2.64 bits per heavy atom. The van der Waals surface area contributed by atoms with E-state index in [1.165, 1.54) is 0 Å². The van der Waals surface area contributed by atoms with Crippen LogP contribution in [0.15, 0.2) is 48.5 Å². The first-order valence-electron chi connectivity index (χ1n) is 9.73. The zero-order chi connectivity index (χ0) is 19.3. The summed E-state index contributed by atoms with van der Waals surface area (Å²) in [5.41, 5.74) is 2.75. The molecule has 1 fully saturated rings. The lowest BCUT2D eigenvalue weighted by molar-refractivity contribution is -0.135. The first kappa shape index (κ1) is 18.6. The number of anilines is 1. The standard InChI is InChI=1S/C22H23N3O2S/c26-20(15-25-14-6-2-1-3-9-21(25)27)23-17-12-10-16(11-13-17)22-24-18-7-4-5-8-19(18)28-22/h4-5,7-8,10-13H,1-3,6,9,14-15H2,(H,23,26). The fourth-order valence-electron chi connectivity index (χ4n) is 3.45. The fourth-order valence-corrected chi connectivity index (χ4v) is 4.42. The average Bonchev–Trinajstić information content (AvgIpc) is 3.12. The molecule has 0 bridgehead atoms. The van der Waals surface area contributed by atoms with E-state index in [0.717, 1.165) is 52.2 Å². The van der Waals surface area contributed by atoms with Crippen molar-refractivity contribution in [2.45, 2.75) is 32.1 Å². The second-order valence-corrected chi connectivity index (χ2v) is 8.12. The predicted octanol–water partition coefficient (Wildman–Crippen LogP) is 4.69. The molecule has 6 heteroatoms. The van der Waals surface area contributed by atoms with Gasteiger partial charge in [-0.3, -0.25) is 9.59 Å². The van der Waals surface area contributed by atoms with Crippen molar-refractivity contribution in [1.29, 1.82) is 0 Å². The van der Waals surface area contributed by atoms with Crippen LogP contribution in [0.3, 0.4) is 0 Å². The lowest BCUT2D eigenvalue weighted by Crippen LogP contribution is -2.39. The second-order valence-electron chi connectivity index (χ2n) is 7.09. The molecule has 0 spiro atoms. The minimum atomic E-state index is -0.151. The third-order valence-electron chi connectivity index (χ3n) is 4.97. The van der Waals surface area contributed by atoms with Crippen LogP contribution in [0.2, 0.25) is 0 Å². The van der Waals surface area contributed by atoms with Gasteiger partial charge in [-0.15, -0.1) is 11.3 Å². The van der Waals surface area contributed by atoms with E-state index < -0.39 is 0 Å². The zero-order valence-corrected chi connectivity index (χ0v) is 16.5. The molecule has 1 N–H and O–H groups in total. The molecule has 1 aliphatic heterocycles. The highest BCUT2D eigenvalue weighted by Crippen LogP contribution is 2.30. The number of hydrogen-bond donors (Lipinski definition) is 1. The van der Waals surface area contributed by atoms with Crippen molar-refractivity contribution in [1.82, 2.24) is 9.88 Å². The van der Waals surface area contributed by atoms with E-state index in [2.05, 4.69) is 16.4 Å². The van der Waals surface area contributed by atoms with Gasteiger partial charge < -0.3 is 10.2 Å². The number of carbonyl (C=O) groups excluding carboxylic acids is 2. The van der Waals surface area contributed by atoms with Crippen LogP contribution >= 0.6 is 11.3 Å². The predicted molar refractivity (Wildman–Crippen MR) is 113 cm³/mol. The summed E-state index contributed by atoms with van der Waals surface area (Å²) in [7, 11) is 0. The van der Waals surface area contributed by atoms with Crippen LogP contribution in [0.25, 0.3) is 20.8 Å². The van der Waals surface area contributed by atoms with Crippen LogP contribution in [0.1, 0.15) is 32.1 Å². The highest BCUT2D eigenvalue weighted by Gasteiger charge is 2.18. The smallest absolute Gasteiger partial charge is 0.243 e. The molecule has 0 unspecified atom stereocenters. The van der Waals surface area contributed by atoms with Crippen LogP contribution in [0, 0.1) is 0 Å². The number of fused-ring (bicyclic) bond motifs is 1. The molecular formula is C22H23N3O2S. The topological polar surface area (TPSA) is 62.3 Å². The lowest BCUT2D eigenvalue weighted by Gasteiger charge is -2.24. The van der Waals surface area contributed by atoms with Crippen LogP contribution in [0.4, 0.5) is 5.69 Å². The van der Waals surface area contributed by atoms with Gasteiger partial charge in [0.05, 0.1) is 16.8 Å². The summed E-state index contributed by atoms with van der Waals surface area (Å²) in [4.78, 5) is 30.9. The fraction of sp³-hybridized carbons (Fsp3) is 0.318. The van der Waals surface area contributed by atoms with E-state index in [9.17, 15) is 9.59 Å². The molecule has 4 rings (SSSR count). The quantitative estimate of drug-likeness (QED) is 0.699. The number of nitrogens with zero attached hydrogens (tertiary/aromatic N) is 2. The van der Waals surface area contributed by atoms with Gasteiger partial charge in [0.1, 0.15) is 5.01 Å². The normalized spacial score (nSPS) is 15.3. The number of aromatic nitrogens is 1. The molecule has 1 aromatic heterocycles. The van der Waals surface area contributed by atoms with Gasteiger partial charge in [0, 0.05) is 24.2 Å². The third-order valence-corrected chi connectivity index (χ3v) is 6.05. The van der Waals surface area contributed by atoms with E-state index in [-0.39, 0.29) is 18.4 Å². The van der Waals surface area contributed by atoms with E-state index in [1.54, 1.807) is 16.2 Å². The summed E-state index contributed by atoms with van der Waals surface area (Å²) in [5.74, 6) is -0.0669. The Labute approximate surface area is 168 Å². The van der Waals surface area contributed by atoms with Crippen molar-refractivity contribution in [2.24, 2.45) is 0 Å². The summed E-state index contributed by atoms with van der Waals surface area (Å²) in [5, 5.41) is 3.86. The van der Waals surface area contributed by atoms with Crippen LogP contribution in [0.5, 0.6) is 0 Å². The molecule has 3 aromatic rings. The first-order valence-corrected chi connectivity index (χ1v) is 10.5. The molecule has 0 atom stereocenters. The largest absolute Gasteiger partial charge is 0.333 e. The monoisotopic (exact) mass is 393 g/mol. The molecule has 28 heavy (non-hydrogen) atoms. The summed E-state index contributed by atoms with van der Waals surface area (Å²) < 4.78 is 1.16. The van der Waals surface area contributed by atoms with Gasteiger partial charge in [0.15, 0.2) is 0 Å². The minimum absolute atomic E-state index is 0.0843. The van der Waals surface area contributed by atoms with Crippen molar-refractivity contribution in [3.63, 3.8) is 0 Å². The highest BCUT2D eigenvalue weighted by molar-refractivity contribution is 7.21. The molecule has 2 aromatic carbocycles. The molecule has 1 saturated heterocycles. The summed E-state index contributed by atoms with van der Waals surface area (Å²) in [6.07, 6.45) is 4.66. The number of para-hydroxylation sites is 1. The van der Waals surface area contributed by atoms with Crippen molar-refractivity contribution < 1.29 is 9.59 Å². The third kappa shape index (κ3) is 4.39. The number of thiazole rings is 1. The minimum Gasteiger partial charge on any atom is -0.333 e. The maximum absolute atomic E-state index is 12.4. The van der Waals surface area contributed by atoms with Gasteiger partial charge in [-0.1, -0.05) is 25.0 Å². The number of benzene rings is 2. The van der Waals surface area contributed by atoms with E-state index in [4.69, 9.17) is 0 Å². The molecule has 2 amide bonds. The van der Waals surface area contributed by atoms with Crippen molar-refractivity contribution in [3.8, 4) is 10.6 Å². The van der Waals surface area contributed by atoms with Crippen molar-refractivity contribution in [2.75, 3.05) is 18.4 Å². The number of amides is 2. The van der Waals surface area contributed by atoms with E-state index >= 15 is 0 Å². The van der Waals surface area contributed by atoms with E-state index in [0.29, 0.717) is 13.0 Å². The van der Waals surface area contributed by atoms with Crippen LogP contribution in [-0.4, -0.2) is 34.8 Å². The highest BCUT2D eigenvalue weighted by atomic mass is 32.1. The Bertz CT molecular complexity index is 948. The molecule has 0 radical (unpaired) electrons. The molecule has 0 aliphatic carbocycles. The maximum atomic E-state index is 12.4. The van der Waals surface area contributed by atoms with Crippen molar-refractivity contribution >= 4 is 39.1 Å². The van der Waals surface area contributed by atoms with Gasteiger partial charge >= 0.3 is 0 Å². The van der Waals surface area contributed by atoms with Crippen LogP contribution in [-0.2, 0) is 9.59 Å². The molecule has 144 valence electrons. The summed E-state index contributed by atoms with van der Waals surface area (Å²) in [6.45, 7) is 0.793. The van der Waals surface area contributed by atoms with Gasteiger partial charge in [-0.05, 0) is 49.2 Å². The number of carbonyl (C=O) groups is 2. The number of rotatable bonds is 4. The van der Waals surface area contributed by atoms with E-state index in [1.807, 2.05) is 42.5 Å². The number of nitrogens with one attached hydrogen (secondary N) is 1. The van der Waals surface area contributed by atoms with Crippen LogP contribution < -0.4 is 5.32 Å². The molecule has 0 saturated carbocycles. The summed E-state index contributed by atoms with van der Waals surface area (Å²) in [6, 6.07) is 15.8. The number of hydrogen-bond acceptors (Lipinski definition) is 4. The van der Waals surface area contributed by atoms with Gasteiger partial charge in [-0.2, -0.15) is 0 Å². The second kappa shape index (κ2) is 8.52. The Kier molecular flexibility index (Phi) is 5.67. The van der Waals surface area contributed by atoms with Gasteiger partial charge in [0.2, 0.25) is 11.8 Å². The molecule has 1 aliphatic rings. The van der Waals surface area contributed by atoms with Gasteiger partial charge in [-0.25, -0.2) is 4.98 Å². The molecule has 2 heterocycles. The average molecular weight is 394 g/mol. The molecule has 5 nitrogen and oxygen atoms in total.